The molecule has 2 heterocycles. The maximum absolute atomic E-state index is 12.9. The van der Waals surface area contributed by atoms with Crippen molar-refractivity contribution in [2.75, 3.05) is 10.6 Å². The largest absolute Gasteiger partial charge is 0.366 e. The van der Waals surface area contributed by atoms with Gasteiger partial charge in [-0.2, -0.15) is 10.1 Å². The number of nitrogens with zero attached hydrogens (tertiary/aromatic N) is 4. The van der Waals surface area contributed by atoms with Gasteiger partial charge in [-0.15, -0.1) is 0 Å². The molecule has 2 aromatic heterocycles. The normalized spacial score (nSPS) is 19.4. The van der Waals surface area contributed by atoms with Gasteiger partial charge in [0.1, 0.15) is 5.02 Å². The molecule has 1 amide bonds. The Labute approximate surface area is 161 Å². The number of nitrogens with one attached hydrogen (secondary N) is 3. The van der Waals surface area contributed by atoms with Crippen molar-refractivity contribution >= 4 is 35.0 Å². The third kappa shape index (κ3) is 5.16. The van der Waals surface area contributed by atoms with Crippen molar-refractivity contribution in [3.63, 3.8) is 0 Å². The van der Waals surface area contributed by atoms with Crippen molar-refractivity contribution < 1.29 is 9.18 Å². The zero-order valence-electron chi connectivity index (χ0n) is 14.9. The van der Waals surface area contributed by atoms with E-state index < -0.39 is 11.7 Å². The summed E-state index contributed by atoms with van der Waals surface area (Å²) < 4.78 is 14.6. The summed E-state index contributed by atoms with van der Waals surface area (Å²) in [5.74, 6) is -0.840. The summed E-state index contributed by atoms with van der Waals surface area (Å²) in [6.45, 7) is 3.02. The summed E-state index contributed by atoms with van der Waals surface area (Å²) in [6, 6.07) is -0.0691. The Kier molecular flexibility index (Phi) is 5.90. The van der Waals surface area contributed by atoms with Crippen molar-refractivity contribution in [2.45, 2.75) is 37.8 Å². The lowest BCUT2D eigenvalue weighted by molar-refractivity contribution is -0.119. The van der Waals surface area contributed by atoms with Gasteiger partial charge in [-0.3, -0.25) is 9.48 Å². The van der Waals surface area contributed by atoms with E-state index >= 15 is 0 Å². The van der Waals surface area contributed by atoms with Gasteiger partial charge in [0.15, 0.2) is 11.6 Å². The minimum atomic E-state index is -0.977. The van der Waals surface area contributed by atoms with Crippen molar-refractivity contribution in [3.8, 4) is 0 Å². The topological polar surface area (TPSA) is 96.8 Å². The van der Waals surface area contributed by atoms with E-state index in [1.54, 1.807) is 17.1 Å². The summed E-state index contributed by atoms with van der Waals surface area (Å²) in [4.78, 5) is 20.1. The van der Waals surface area contributed by atoms with E-state index in [9.17, 15) is 9.18 Å². The summed E-state index contributed by atoms with van der Waals surface area (Å²) in [6.07, 6.45) is 8.22. The summed E-state index contributed by atoms with van der Waals surface area (Å²) in [5, 5.41) is 13.5. The van der Waals surface area contributed by atoms with Gasteiger partial charge in [0.25, 0.3) is 5.91 Å². The molecule has 0 saturated heterocycles. The molecule has 0 spiro atoms. The van der Waals surface area contributed by atoms with Crippen LogP contribution in [0.25, 0.3) is 0 Å². The molecule has 0 radical (unpaired) electrons. The first-order valence-electron chi connectivity index (χ1n) is 8.60. The molecule has 0 bridgehead atoms. The Morgan fingerprint density at radius 1 is 1.37 bits per heavy atom. The predicted octanol–water partition coefficient (Wildman–Crippen LogP) is 2.93. The summed E-state index contributed by atoms with van der Waals surface area (Å²) in [5.41, 5.74) is 0.762. The van der Waals surface area contributed by atoms with E-state index in [-0.39, 0.29) is 12.1 Å². The third-order valence-electron chi connectivity index (χ3n) is 4.30. The van der Waals surface area contributed by atoms with Crippen molar-refractivity contribution in [1.29, 1.82) is 0 Å². The van der Waals surface area contributed by atoms with Crippen molar-refractivity contribution in [3.05, 3.63) is 36.0 Å². The van der Waals surface area contributed by atoms with Crippen LogP contribution in [0.1, 0.15) is 25.7 Å². The second-order valence-corrected chi connectivity index (χ2v) is 6.91. The van der Waals surface area contributed by atoms with Crippen LogP contribution in [0, 0.1) is 0 Å². The zero-order valence-corrected chi connectivity index (χ0v) is 15.6. The zero-order chi connectivity index (χ0) is 19.4. The minimum Gasteiger partial charge on any atom is -0.366 e. The van der Waals surface area contributed by atoms with Crippen molar-refractivity contribution in [2.24, 2.45) is 7.05 Å². The number of anilines is 3. The standard InChI is InChI=1S/C17H21ClFN7O/c1-10(19)16(27)23-12-5-3-4-11(6-12)22-15-14(18)8-20-17(25-15)24-13-7-21-26(2)9-13/h7-9,11-12H,1,3-6H2,2H3,(H,23,27)(H2,20,22,24,25). The number of aryl methyl sites for hydroxylation is 1. The first kappa shape index (κ1) is 19.1. The van der Waals surface area contributed by atoms with E-state index in [1.807, 2.05) is 7.05 Å². The van der Waals surface area contributed by atoms with E-state index in [4.69, 9.17) is 11.6 Å². The van der Waals surface area contributed by atoms with Gasteiger partial charge in [-0.25, -0.2) is 9.37 Å². The minimum absolute atomic E-state index is 0.0515. The Morgan fingerprint density at radius 3 is 2.85 bits per heavy atom. The molecule has 3 rings (SSSR count). The second-order valence-electron chi connectivity index (χ2n) is 6.50. The van der Waals surface area contributed by atoms with Crippen LogP contribution in [0.4, 0.5) is 21.8 Å². The molecule has 2 atom stereocenters. The van der Waals surface area contributed by atoms with E-state index in [1.165, 1.54) is 6.20 Å². The lowest BCUT2D eigenvalue weighted by atomic mass is 9.91. The van der Waals surface area contributed by atoms with Crippen LogP contribution in [-0.4, -0.2) is 37.7 Å². The van der Waals surface area contributed by atoms with Crippen molar-refractivity contribution in [1.82, 2.24) is 25.1 Å². The molecule has 1 fully saturated rings. The average molecular weight is 394 g/mol. The number of hydrogen-bond acceptors (Lipinski definition) is 6. The molecule has 1 saturated carbocycles. The van der Waals surface area contributed by atoms with Crippen LogP contribution >= 0.6 is 11.6 Å². The molecule has 8 nitrogen and oxygen atoms in total. The van der Waals surface area contributed by atoms with Crippen LogP contribution in [0.5, 0.6) is 0 Å². The molecule has 2 aromatic rings. The van der Waals surface area contributed by atoms with Gasteiger partial charge >= 0.3 is 0 Å². The Morgan fingerprint density at radius 2 is 2.15 bits per heavy atom. The number of carbonyl (C=O) groups excluding carboxylic acids is 1. The Hall–Kier alpha value is -2.68. The maximum Gasteiger partial charge on any atom is 0.279 e. The number of hydrogen-bond donors (Lipinski definition) is 3. The fourth-order valence-corrected chi connectivity index (χ4v) is 3.20. The maximum atomic E-state index is 12.9. The molecule has 10 heteroatoms. The van der Waals surface area contributed by atoms with E-state index in [2.05, 4.69) is 37.6 Å². The fourth-order valence-electron chi connectivity index (χ4n) is 3.05. The monoisotopic (exact) mass is 393 g/mol. The lowest BCUT2D eigenvalue weighted by Gasteiger charge is -2.30. The van der Waals surface area contributed by atoms with Crippen LogP contribution < -0.4 is 16.0 Å². The highest BCUT2D eigenvalue weighted by Crippen LogP contribution is 2.26. The SMILES string of the molecule is C=C(F)C(=O)NC1CCCC(Nc2nc(Nc3cnn(C)c3)ncc2Cl)C1. The van der Waals surface area contributed by atoms with Gasteiger partial charge in [-0.05, 0) is 25.7 Å². The molecule has 0 aromatic carbocycles. The molecule has 0 aliphatic heterocycles. The highest BCUT2D eigenvalue weighted by atomic mass is 35.5. The highest BCUT2D eigenvalue weighted by Gasteiger charge is 2.25. The number of halogens is 2. The number of amides is 1. The van der Waals surface area contributed by atoms with Gasteiger partial charge in [0, 0.05) is 25.3 Å². The molecular formula is C17H21ClFN7O. The molecule has 1 aliphatic carbocycles. The van der Waals surface area contributed by atoms with Gasteiger partial charge in [-0.1, -0.05) is 18.2 Å². The van der Waals surface area contributed by atoms with Crippen LogP contribution in [0.3, 0.4) is 0 Å². The Balaban J connectivity index is 1.64. The summed E-state index contributed by atoms with van der Waals surface area (Å²) in [7, 11) is 1.82. The van der Waals surface area contributed by atoms with E-state index in [0.717, 1.165) is 24.9 Å². The van der Waals surface area contributed by atoms with Crippen LogP contribution in [0.2, 0.25) is 5.02 Å². The first-order chi connectivity index (χ1) is 12.9. The predicted molar refractivity (Wildman–Crippen MR) is 102 cm³/mol. The quantitative estimate of drug-likeness (QED) is 0.653. The number of rotatable bonds is 6. The molecule has 1 aliphatic rings. The summed E-state index contributed by atoms with van der Waals surface area (Å²) >= 11 is 6.22. The van der Waals surface area contributed by atoms with Gasteiger partial charge in [0.05, 0.1) is 18.1 Å². The highest BCUT2D eigenvalue weighted by molar-refractivity contribution is 6.32. The molecular weight excluding hydrogens is 373 g/mol. The average Bonchev–Trinajstić information content (AvgIpc) is 3.03. The number of carbonyl (C=O) groups is 1. The smallest absolute Gasteiger partial charge is 0.279 e. The molecule has 144 valence electrons. The van der Waals surface area contributed by atoms with Gasteiger partial charge in [0.2, 0.25) is 5.95 Å². The molecule has 2 unspecified atom stereocenters. The fraction of sp³-hybridized carbons (Fsp3) is 0.412. The Bertz CT molecular complexity index is 840. The lowest BCUT2D eigenvalue weighted by Crippen LogP contribution is -2.42. The number of aromatic nitrogens is 4. The molecule has 3 N–H and O–H groups in total. The third-order valence-corrected chi connectivity index (χ3v) is 4.58. The second kappa shape index (κ2) is 8.34. The van der Waals surface area contributed by atoms with E-state index in [0.29, 0.717) is 23.2 Å². The van der Waals surface area contributed by atoms with Crippen LogP contribution in [0.15, 0.2) is 31.0 Å². The molecule has 27 heavy (non-hydrogen) atoms. The van der Waals surface area contributed by atoms with Crippen LogP contribution in [-0.2, 0) is 11.8 Å². The first-order valence-corrected chi connectivity index (χ1v) is 8.98. The van der Waals surface area contributed by atoms with Gasteiger partial charge < -0.3 is 16.0 Å².